The summed E-state index contributed by atoms with van der Waals surface area (Å²) >= 11 is 0. The predicted octanol–water partition coefficient (Wildman–Crippen LogP) is 4.59. The number of methoxy groups -OCH3 is 1. The normalized spacial score (nSPS) is 14.1. The number of rotatable bonds is 9. The van der Waals surface area contributed by atoms with Crippen LogP contribution in [-0.4, -0.2) is 48.2 Å². The summed E-state index contributed by atoms with van der Waals surface area (Å²) in [5.74, 6) is 1.82. The second-order valence-electron chi connectivity index (χ2n) is 7.14. The van der Waals surface area contributed by atoms with Gasteiger partial charge >= 0.3 is 0 Å². The molecule has 0 aliphatic carbocycles. The van der Waals surface area contributed by atoms with Crippen LogP contribution < -0.4 is 19.7 Å². The molecule has 30 heavy (non-hydrogen) atoms. The molecule has 1 aromatic heterocycles. The van der Waals surface area contributed by atoms with E-state index in [9.17, 15) is 4.48 Å². The van der Waals surface area contributed by atoms with Gasteiger partial charge in [0.2, 0.25) is 5.88 Å². The Morgan fingerprint density at radius 1 is 1.07 bits per heavy atom. The third-order valence-corrected chi connectivity index (χ3v) is 5.15. The third-order valence-electron chi connectivity index (χ3n) is 5.15. The van der Waals surface area contributed by atoms with Gasteiger partial charge in [-0.05, 0) is 50.6 Å². The predicted molar refractivity (Wildman–Crippen MR) is 113 cm³/mol. The monoisotopic (exact) mass is 412 g/mol. The van der Waals surface area contributed by atoms with Gasteiger partial charge in [-0.25, -0.2) is 15.5 Å². The molecule has 1 fully saturated rings. The van der Waals surface area contributed by atoms with Crippen molar-refractivity contribution in [2.24, 2.45) is 0 Å². The molecule has 0 amide bonds. The number of para-hydroxylation sites is 2. The molecule has 1 saturated heterocycles. The molecule has 8 heteroatoms. The Balaban J connectivity index is 1.52. The van der Waals surface area contributed by atoms with Crippen LogP contribution in [0.5, 0.6) is 23.1 Å². The maximum Gasteiger partial charge on any atom is 0.230 e. The maximum atomic E-state index is 13.0. The van der Waals surface area contributed by atoms with Crippen LogP contribution in [0, 0.1) is 0 Å². The molecule has 4 rings (SSSR count). The number of fused-ring (bicyclic) bond motifs is 1. The molecule has 0 saturated carbocycles. The molecule has 1 aliphatic rings. The van der Waals surface area contributed by atoms with E-state index in [1.807, 2.05) is 6.07 Å². The van der Waals surface area contributed by atoms with Crippen LogP contribution in [0.25, 0.3) is 10.9 Å². The molecule has 0 unspecified atom stereocenters. The standard InChI is InChI=1S/C22H25FN4O3/c1-28-20-13-16-18(14-21(20)29-12-6-11-27-9-4-5-10-27)24-15-25-22(16)30-19-8-3-2-7-17(19)26-23/h2-3,7-8,13-15,26H,4-6,9-12H2,1H3. The molecule has 0 spiro atoms. The van der Waals surface area contributed by atoms with E-state index in [2.05, 4.69) is 14.9 Å². The number of halogens is 1. The van der Waals surface area contributed by atoms with Crippen LogP contribution in [0.3, 0.4) is 0 Å². The van der Waals surface area contributed by atoms with Gasteiger partial charge in [0.15, 0.2) is 17.2 Å². The Kier molecular flexibility index (Phi) is 6.44. The topological polar surface area (TPSA) is 68.7 Å². The van der Waals surface area contributed by atoms with Crippen molar-refractivity contribution in [2.45, 2.75) is 19.3 Å². The summed E-state index contributed by atoms with van der Waals surface area (Å²) in [4.78, 5) is 11.0. The van der Waals surface area contributed by atoms with Gasteiger partial charge in [0.25, 0.3) is 0 Å². The number of nitrogens with zero attached hydrogens (tertiary/aromatic N) is 3. The highest BCUT2D eigenvalue weighted by Crippen LogP contribution is 2.37. The molecule has 1 aliphatic heterocycles. The lowest BCUT2D eigenvalue weighted by atomic mass is 10.2. The average Bonchev–Trinajstić information content (AvgIpc) is 3.30. The number of ether oxygens (including phenoxy) is 3. The van der Waals surface area contributed by atoms with E-state index in [0.717, 1.165) is 13.0 Å². The highest BCUT2D eigenvalue weighted by atomic mass is 19.2. The van der Waals surface area contributed by atoms with E-state index < -0.39 is 0 Å². The third kappa shape index (κ3) is 4.54. The van der Waals surface area contributed by atoms with Crippen molar-refractivity contribution in [3.63, 3.8) is 0 Å². The number of aromatic nitrogens is 2. The van der Waals surface area contributed by atoms with Gasteiger partial charge in [-0.3, -0.25) is 0 Å². The Labute approximate surface area is 174 Å². The van der Waals surface area contributed by atoms with Crippen molar-refractivity contribution in [2.75, 3.05) is 38.9 Å². The summed E-state index contributed by atoms with van der Waals surface area (Å²) < 4.78 is 30.4. The Bertz CT molecular complexity index is 995. The zero-order chi connectivity index (χ0) is 20.8. The van der Waals surface area contributed by atoms with E-state index in [-0.39, 0.29) is 5.69 Å². The van der Waals surface area contributed by atoms with Crippen LogP contribution in [0.2, 0.25) is 0 Å². The lowest BCUT2D eigenvalue weighted by molar-refractivity contribution is 0.254. The first-order valence-electron chi connectivity index (χ1n) is 10.1. The molecule has 7 nitrogen and oxygen atoms in total. The van der Waals surface area contributed by atoms with E-state index in [4.69, 9.17) is 14.2 Å². The first-order chi connectivity index (χ1) is 14.8. The van der Waals surface area contributed by atoms with Crippen molar-refractivity contribution in [3.8, 4) is 23.1 Å². The molecular formula is C22H25FN4O3. The van der Waals surface area contributed by atoms with Crippen molar-refractivity contribution < 1.29 is 18.7 Å². The molecule has 0 bridgehead atoms. The molecule has 0 atom stereocenters. The number of likely N-dealkylation sites (tertiary alicyclic amines) is 1. The fraction of sp³-hybridized carbons (Fsp3) is 0.364. The summed E-state index contributed by atoms with van der Waals surface area (Å²) in [7, 11) is 1.59. The number of nitrogens with one attached hydrogen (secondary N) is 1. The fourth-order valence-corrected chi connectivity index (χ4v) is 3.61. The van der Waals surface area contributed by atoms with Crippen molar-refractivity contribution in [1.29, 1.82) is 0 Å². The molecule has 2 heterocycles. The largest absolute Gasteiger partial charge is 0.493 e. The number of anilines is 1. The zero-order valence-corrected chi connectivity index (χ0v) is 16.9. The minimum absolute atomic E-state index is 0.217. The number of hydrogen-bond donors (Lipinski definition) is 1. The molecule has 3 aromatic rings. The van der Waals surface area contributed by atoms with Crippen molar-refractivity contribution in [1.82, 2.24) is 14.9 Å². The Morgan fingerprint density at radius 2 is 1.90 bits per heavy atom. The summed E-state index contributed by atoms with van der Waals surface area (Å²) in [5.41, 5.74) is 2.50. The minimum Gasteiger partial charge on any atom is -0.493 e. The number of benzene rings is 2. The maximum absolute atomic E-state index is 13.0. The van der Waals surface area contributed by atoms with E-state index in [0.29, 0.717) is 40.6 Å². The smallest absolute Gasteiger partial charge is 0.230 e. The van der Waals surface area contributed by atoms with Crippen LogP contribution in [0.4, 0.5) is 10.2 Å². The van der Waals surface area contributed by atoms with E-state index >= 15 is 0 Å². The summed E-state index contributed by atoms with van der Waals surface area (Å²) in [6, 6.07) is 10.3. The Hall–Kier alpha value is -3.13. The van der Waals surface area contributed by atoms with Gasteiger partial charge in [-0.15, -0.1) is 4.48 Å². The van der Waals surface area contributed by atoms with Crippen molar-refractivity contribution in [3.05, 3.63) is 42.7 Å². The van der Waals surface area contributed by atoms with Gasteiger partial charge in [-0.2, -0.15) is 0 Å². The zero-order valence-electron chi connectivity index (χ0n) is 16.9. The average molecular weight is 412 g/mol. The first kappa shape index (κ1) is 20.2. The minimum atomic E-state index is 0.217. The van der Waals surface area contributed by atoms with Gasteiger partial charge in [0, 0.05) is 12.6 Å². The van der Waals surface area contributed by atoms with Crippen LogP contribution in [0.15, 0.2) is 42.7 Å². The van der Waals surface area contributed by atoms with Gasteiger partial charge in [0.1, 0.15) is 12.0 Å². The second kappa shape index (κ2) is 9.58. The van der Waals surface area contributed by atoms with Crippen LogP contribution in [-0.2, 0) is 0 Å². The van der Waals surface area contributed by atoms with E-state index in [1.165, 1.54) is 32.3 Å². The highest BCUT2D eigenvalue weighted by Gasteiger charge is 2.15. The van der Waals surface area contributed by atoms with E-state index in [1.54, 1.807) is 43.0 Å². The van der Waals surface area contributed by atoms with Crippen molar-refractivity contribution >= 4 is 16.6 Å². The van der Waals surface area contributed by atoms with Gasteiger partial charge in [-0.1, -0.05) is 12.1 Å². The lowest BCUT2D eigenvalue weighted by Crippen LogP contribution is -2.21. The Morgan fingerprint density at radius 3 is 2.70 bits per heavy atom. The second-order valence-corrected chi connectivity index (χ2v) is 7.14. The summed E-state index contributed by atoms with van der Waals surface area (Å²) in [6.45, 7) is 4.00. The molecule has 2 aromatic carbocycles. The fourth-order valence-electron chi connectivity index (χ4n) is 3.61. The summed E-state index contributed by atoms with van der Waals surface area (Å²) in [6.07, 6.45) is 4.93. The number of hydrogen-bond acceptors (Lipinski definition) is 7. The molecule has 0 radical (unpaired) electrons. The van der Waals surface area contributed by atoms with Crippen LogP contribution >= 0.6 is 0 Å². The van der Waals surface area contributed by atoms with Gasteiger partial charge < -0.3 is 19.1 Å². The first-order valence-corrected chi connectivity index (χ1v) is 10.1. The molecule has 1 N–H and O–H groups in total. The molecular weight excluding hydrogens is 387 g/mol. The lowest BCUT2D eigenvalue weighted by Gasteiger charge is -2.16. The van der Waals surface area contributed by atoms with Gasteiger partial charge in [0.05, 0.1) is 24.6 Å². The highest BCUT2D eigenvalue weighted by molar-refractivity contribution is 5.87. The molecule has 158 valence electrons. The van der Waals surface area contributed by atoms with Crippen LogP contribution in [0.1, 0.15) is 19.3 Å². The summed E-state index contributed by atoms with van der Waals surface area (Å²) in [5, 5.41) is 0.646. The SMILES string of the molecule is COc1cc2c(Oc3ccccc3NF)ncnc2cc1OCCCN1CCCC1. The quantitative estimate of drug-likeness (QED) is 0.407.